The predicted molar refractivity (Wildman–Crippen MR) is 136 cm³/mol. The van der Waals surface area contributed by atoms with Gasteiger partial charge in [-0.2, -0.15) is 0 Å². The van der Waals surface area contributed by atoms with Gasteiger partial charge < -0.3 is 104 Å². The molecule has 0 bridgehead atoms. The third-order valence-corrected chi connectivity index (χ3v) is 8.45. The van der Waals surface area contributed by atoms with E-state index in [9.17, 15) is 61.3 Å². The zero-order chi connectivity index (χ0) is 33.4. The van der Waals surface area contributed by atoms with Crippen LogP contribution in [0.15, 0.2) is 0 Å². The molecule has 0 radical (unpaired) electrons. The Bertz CT molecular complexity index is 891. The van der Waals surface area contributed by atoms with Gasteiger partial charge in [0.2, 0.25) is 0 Å². The minimum Gasteiger partial charge on any atom is -0.388 e. The van der Waals surface area contributed by atoms with Crippen LogP contribution in [-0.2, 0) is 42.6 Å². The van der Waals surface area contributed by atoms with Crippen LogP contribution in [0, 0.1) is 0 Å². The van der Waals surface area contributed by atoms with Crippen molar-refractivity contribution in [2.45, 2.75) is 123 Å². The van der Waals surface area contributed by atoms with E-state index in [4.69, 9.17) is 42.6 Å². The molecule has 0 amide bonds. The van der Waals surface area contributed by atoms with Crippen molar-refractivity contribution in [3.8, 4) is 0 Å². The number of aliphatic hydroxyl groups is 12. The van der Waals surface area contributed by atoms with Gasteiger partial charge in [0, 0.05) is 0 Å². The van der Waals surface area contributed by atoms with E-state index in [2.05, 4.69) is 0 Å². The summed E-state index contributed by atoms with van der Waals surface area (Å²) in [6, 6.07) is 0. The molecule has 5 aliphatic heterocycles. The first-order chi connectivity index (χ1) is 21.8. The van der Waals surface area contributed by atoms with Gasteiger partial charge in [0.15, 0.2) is 31.5 Å². The SMILES string of the molecule is OC1[C@H](O[C@@H]2CO[C@H](O[C@@H]3CO[C@H](O[C@@H]4CO[C@@H](O[C@@H]5CO[C@@H](O)C(O)[C@H]5O)C(O)[C@H]4O)C(O)[C@H]3O)C(O)[C@H]2O)OC[C@@H](O)[C@@H]1O. The van der Waals surface area contributed by atoms with E-state index in [0.717, 1.165) is 0 Å². The Labute approximate surface area is 260 Å². The second-order valence-electron chi connectivity index (χ2n) is 11.7. The van der Waals surface area contributed by atoms with Crippen molar-refractivity contribution in [3.05, 3.63) is 0 Å². The molecule has 5 rings (SSSR count). The van der Waals surface area contributed by atoms with Crippen LogP contribution in [0.4, 0.5) is 0 Å². The van der Waals surface area contributed by atoms with Crippen molar-refractivity contribution < 1.29 is 104 Å². The standard InChI is InChI=1S/C25H42O21/c26-6-1-39-22(17(33)11(6)27)44-8-3-41-24(19(35)13(8)29)46-10-5-42-25(20(36)15(10)31)45-9-4-40-23(18(34)14(9)30)43-7-2-38-21(37)16(32)12(7)28/h6-37H,1-5H2/t6-,7-,8-,9-,10-,11+,12+,13+,14+,15+,16?,17?,18?,19?,20?,21-,22+,23+,24-,25-/m1/s1. The first kappa shape index (κ1) is 36.4. The maximum Gasteiger partial charge on any atom is 0.186 e. The van der Waals surface area contributed by atoms with Crippen molar-refractivity contribution >= 4 is 0 Å². The summed E-state index contributed by atoms with van der Waals surface area (Å²) >= 11 is 0. The third kappa shape index (κ3) is 7.65. The summed E-state index contributed by atoms with van der Waals surface area (Å²) in [5, 5.41) is 122. The lowest BCUT2D eigenvalue weighted by Gasteiger charge is -2.45. The van der Waals surface area contributed by atoms with Gasteiger partial charge in [0.1, 0.15) is 91.6 Å². The number of hydrogen-bond acceptors (Lipinski definition) is 21. The maximum absolute atomic E-state index is 10.7. The van der Waals surface area contributed by atoms with Crippen molar-refractivity contribution in [2.75, 3.05) is 33.0 Å². The third-order valence-electron chi connectivity index (χ3n) is 8.45. The average molecular weight is 679 g/mol. The van der Waals surface area contributed by atoms with Crippen LogP contribution in [0.3, 0.4) is 0 Å². The monoisotopic (exact) mass is 678 g/mol. The Kier molecular flexibility index (Phi) is 12.2. The number of aliphatic hydroxyl groups excluding tert-OH is 12. The molecule has 46 heavy (non-hydrogen) atoms. The lowest BCUT2D eigenvalue weighted by molar-refractivity contribution is -0.362. The second-order valence-corrected chi connectivity index (χ2v) is 11.7. The molecular weight excluding hydrogens is 636 g/mol. The first-order valence-corrected chi connectivity index (χ1v) is 14.6. The second kappa shape index (κ2) is 15.4. The molecule has 0 spiro atoms. The van der Waals surface area contributed by atoms with E-state index in [1.165, 1.54) is 0 Å². The molecule has 0 saturated carbocycles. The quantitative estimate of drug-likeness (QED) is 0.113. The van der Waals surface area contributed by atoms with Gasteiger partial charge in [-0.05, 0) is 0 Å². The van der Waals surface area contributed by atoms with Crippen LogP contribution in [-0.4, -0.2) is 217 Å². The molecule has 5 aliphatic rings. The highest BCUT2D eigenvalue weighted by molar-refractivity contribution is 4.92. The van der Waals surface area contributed by atoms with E-state index in [0.29, 0.717) is 0 Å². The van der Waals surface area contributed by atoms with Crippen LogP contribution in [0.5, 0.6) is 0 Å². The molecule has 268 valence electrons. The Morgan fingerprint density at radius 3 is 0.957 bits per heavy atom. The lowest BCUT2D eigenvalue weighted by Crippen LogP contribution is -2.63. The highest BCUT2D eigenvalue weighted by atomic mass is 16.8. The zero-order valence-electron chi connectivity index (χ0n) is 24.1. The average Bonchev–Trinajstić information content (AvgIpc) is 3.03. The Morgan fingerprint density at radius 1 is 0.304 bits per heavy atom. The van der Waals surface area contributed by atoms with Gasteiger partial charge >= 0.3 is 0 Å². The molecule has 20 atom stereocenters. The number of ether oxygens (including phenoxy) is 9. The summed E-state index contributed by atoms with van der Waals surface area (Å²) in [6.07, 6.45) is -30.9. The van der Waals surface area contributed by atoms with E-state index >= 15 is 0 Å². The minimum atomic E-state index is -1.78. The molecule has 5 unspecified atom stereocenters. The molecule has 5 heterocycles. The fourth-order valence-corrected chi connectivity index (χ4v) is 5.51. The summed E-state index contributed by atoms with van der Waals surface area (Å²) in [7, 11) is 0. The van der Waals surface area contributed by atoms with Crippen LogP contribution in [0.2, 0.25) is 0 Å². The van der Waals surface area contributed by atoms with Crippen molar-refractivity contribution in [2.24, 2.45) is 0 Å². The Morgan fingerprint density at radius 2 is 0.587 bits per heavy atom. The largest absolute Gasteiger partial charge is 0.388 e. The fourth-order valence-electron chi connectivity index (χ4n) is 5.51. The highest BCUT2D eigenvalue weighted by Gasteiger charge is 2.50. The van der Waals surface area contributed by atoms with Crippen LogP contribution in [0.1, 0.15) is 0 Å². The highest BCUT2D eigenvalue weighted by Crippen LogP contribution is 2.30. The number of rotatable bonds is 8. The van der Waals surface area contributed by atoms with Crippen molar-refractivity contribution in [1.29, 1.82) is 0 Å². The Hall–Kier alpha value is -0.840. The molecule has 5 saturated heterocycles. The summed E-state index contributed by atoms with van der Waals surface area (Å²) in [6.45, 7) is -1.94. The van der Waals surface area contributed by atoms with E-state index in [1.807, 2.05) is 0 Å². The van der Waals surface area contributed by atoms with Crippen LogP contribution < -0.4 is 0 Å². The normalized spacial score (nSPS) is 54.0. The van der Waals surface area contributed by atoms with E-state index in [1.54, 1.807) is 0 Å². The predicted octanol–water partition coefficient (Wildman–Crippen LogP) is -8.73. The van der Waals surface area contributed by atoms with E-state index in [-0.39, 0.29) is 13.2 Å². The molecule has 5 fully saturated rings. The van der Waals surface area contributed by atoms with Crippen molar-refractivity contribution in [3.63, 3.8) is 0 Å². The molecular formula is C25H42O21. The van der Waals surface area contributed by atoms with Gasteiger partial charge in [-0.3, -0.25) is 0 Å². The summed E-state index contributed by atoms with van der Waals surface area (Å²) < 4.78 is 48.2. The van der Waals surface area contributed by atoms with Gasteiger partial charge in [-0.25, -0.2) is 0 Å². The van der Waals surface area contributed by atoms with Crippen LogP contribution in [0.25, 0.3) is 0 Å². The van der Waals surface area contributed by atoms with E-state index < -0.39 is 143 Å². The van der Waals surface area contributed by atoms with Gasteiger partial charge in [0.05, 0.1) is 33.0 Å². The summed E-state index contributed by atoms with van der Waals surface area (Å²) in [4.78, 5) is 0. The number of hydrogen-bond donors (Lipinski definition) is 12. The molecule has 21 nitrogen and oxygen atoms in total. The molecule has 12 N–H and O–H groups in total. The molecule has 0 aliphatic carbocycles. The first-order valence-electron chi connectivity index (χ1n) is 14.6. The fraction of sp³-hybridized carbons (Fsp3) is 1.00. The molecule has 0 aromatic heterocycles. The summed E-state index contributed by atoms with van der Waals surface area (Å²) in [5.41, 5.74) is 0. The maximum atomic E-state index is 10.7. The molecule has 21 heteroatoms. The van der Waals surface area contributed by atoms with Gasteiger partial charge in [-0.15, -0.1) is 0 Å². The zero-order valence-corrected chi connectivity index (χ0v) is 24.1. The minimum absolute atomic E-state index is 0.349. The Balaban J connectivity index is 1.08. The topological polar surface area (TPSA) is 326 Å². The lowest BCUT2D eigenvalue weighted by atomic mass is 10.0. The van der Waals surface area contributed by atoms with Gasteiger partial charge in [-0.1, -0.05) is 0 Å². The summed E-state index contributed by atoms with van der Waals surface area (Å²) in [5.74, 6) is 0. The van der Waals surface area contributed by atoms with Crippen LogP contribution >= 0.6 is 0 Å². The molecule has 0 aromatic rings. The van der Waals surface area contributed by atoms with Crippen molar-refractivity contribution in [1.82, 2.24) is 0 Å². The smallest absolute Gasteiger partial charge is 0.186 e. The van der Waals surface area contributed by atoms with Gasteiger partial charge in [0.25, 0.3) is 0 Å². The molecule has 0 aromatic carbocycles.